The molecule has 0 atom stereocenters. The van der Waals surface area contributed by atoms with Gasteiger partial charge < -0.3 is 9.67 Å². The molecule has 17 heavy (non-hydrogen) atoms. The van der Waals surface area contributed by atoms with E-state index in [2.05, 4.69) is 25.8 Å². The second-order valence-corrected chi connectivity index (χ2v) is 6.29. The van der Waals surface area contributed by atoms with Crippen LogP contribution in [0.1, 0.15) is 32.9 Å². The third-order valence-electron chi connectivity index (χ3n) is 2.29. The van der Waals surface area contributed by atoms with Crippen molar-refractivity contribution in [3.63, 3.8) is 0 Å². The van der Waals surface area contributed by atoms with Crippen molar-refractivity contribution in [1.82, 2.24) is 9.55 Å². The van der Waals surface area contributed by atoms with Gasteiger partial charge in [0.05, 0.1) is 11.4 Å². The minimum Gasteiger partial charge on any atom is -0.481 e. The van der Waals surface area contributed by atoms with Gasteiger partial charge in [-0.15, -0.1) is 0 Å². The van der Waals surface area contributed by atoms with E-state index >= 15 is 0 Å². The summed E-state index contributed by atoms with van der Waals surface area (Å²) in [4.78, 5) is 14.9. The highest BCUT2D eigenvalue weighted by Gasteiger charge is 2.13. The summed E-state index contributed by atoms with van der Waals surface area (Å²) in [6.45, 7) is 9.40. The summed E-state index contributed by atoms with van der Waals surface area (Å²) in [5.41, 5.74) is 1.21. The zero-order chi connectivity index (χ0) is 13.1. The van der Waals surface area contributed by atoms with Gasteiger partial charge in [0.1, 0.15) is 0 Å². The Morgan fingerprint density at radius 2 is 2.18 bits per heavy atom. The zero-order valence-electron chi connectivity index (χ0n) is 10.9. The third-order valence-corrected chi connectivity index (χ3v) is 3.26. The average molecular weight is 256 g/mol. The Hall–Kier alpha value is -0.970. The van der Waals surface area contributed by atoms with E-state index in [0.29, 0.717) is 0 Å². The summed E-state index contributed by atoms with van der Waals surface area (Å²) in [7, 11) is 0. The first-order valence-corrected chi connectivity index (χ1v) is 6.65. The molecule has 0 unspecified atom stereocenters. The van der Waals surface area contributed by atoms with Crippen LogP contribution in [0, 0.1) is 12.3 Å². The fourth-order valence-electron chi connectivity index (χ4n) is 1.38. The number of nitrogens with zero attached hydrogens (tertiary/aromatic N) is 2. The Kier molecular flexibility index (Phi) is 4.62. The van der Waals surface area contributed by atoms with E-state index in [-0.39, 0.29) is 11.2 Å². The fraction of sp³-hybridized carbons (Fsp3) is 0.667. The minimum absolute atomic E-state index is 0.0615. The van der Waals surface area contributed by atoms with Crippen molar-refractivity contribution in [2.75, 3.05) is 5.75 Å². The van der Waals surface area contributed by atoms with Crippen molar-refractivity contribution in [1.29, 1.82) is 0 Å². The number of hydrogen-bond acceptors (Lipinski definition) is 3. The fourth-order valence-corrected chi connectivity index (χ4v) is 2.15. The second-order valence-electron chi connectivity index (χ2n) is 5.35. The van der Waals surface area contributed by atoms with E-state index < -0.39 is 5.97 Å². The maximum absolute atomic E-state index is 10.5. The molecule has 0 saturated carbocycles. The maximum Gasteiger partial charge on any atom is 0.313 e. The van der Waals surface area contributed by atoms with Crippen LogP contribution in [0.5, 0.6) is 0 Å². The summed E-state index contributed by atoms with van der Waals surface area (Å²) in [5, 5.41) is 9.47. The van der Waals surface area contributed by atoms with Crippen LogP contribution in [-0.4, -0.2) is 26.4 Å². The van der Waals surface area contributed by atoms with E-state index in [1.54, 1.807) is 0 Å². The molecule has 0 bridgehead atoms. The molecule has 5 heteroatoms. The van der Waals surface area contributed by atoms with Gasteiger partial charge in [-0.3, -0.25) is 4.79 Å². The van der Waals surface area contributed by atoms with Crippen molar-refractivity contribution < 1.29 is 9.90 Å². The van der Waals surface area contributed by atoms with E-state index in [1.807, 2.05) is 17.7 Å². The quantitative estimate of drug-likeness (QED) is 0.823. The lowest BCUT2D eigenvalue weighted by Gasteiger charge is -2.18. The highest BCUT2D eigenvalue weighted by atomic mass is 32.2. The van der Waals surface area contributed by atoms with Gasteiger partial charge in [0.2, 0.25) is 0 Å². The number of hydrogen-bond donors (Lipinski definition) is 1. The first kappa shape index (κ1) is 14.1. The molecule has 1 heterocycles. The molecule has 96 valence electrons. The molecule has 0 radical (unpaired) electrons. The van der Waals surface area contributed by atoms with Gasteiger partial charge in [-0.1, -0.05) is 32.5 Å². The van der Waals surface area contributed by atoms with Crippen LogP contribution in [0.2, 0.25) is 0 Å². The second kappa shape index (κ2) is 5.58. The van der Waals surface area contributed by atoms with Gasteiger partial charge >= 0.3 is 5.97 Å². The van der Waals surface area contributed by atoms with Crippen LogP contribution in [0.3, 0.4) is 0 Å². The lowest BCUT2D eigenvalue weighted by atomic mass is 9.92. The Morgan fingerprint density at radius 1 is 1.53 bits per heavy atom. The van der Waals surface area contributed by atoms with Crippen LogP contribution in [-0.2, 0) is 11.3 Å². The summed E-state index contributed by atoms with van der Waals surface area (Å²) >= 11 is 1.28. The first-order valence-electron chi connectivity index (χ1n) is 5.66. The van der Waals surface area contributed by atoms with Crippen LogP contribution < -0.4 is 0 Å². The predicted octanol–water partition coefficient (Wildman–Crippen LogP) is 2.80. The molecular formula is C12H20N2O2S. The molecule has 0 aromatic carbocycles. The molecule has 0 aliphatic heterocycles. The van der Waals surface area contributed by atoms with Crippen molar-refractivity contribution >= 4 is 17.7 Å². The lowest BCUT2D eigenvalue weighted by molar-refractivity contribution is -0.133. The molecule has 0 fully saturated rings. The number of carboxylic acid groups (broad SMARTS) is 1. The van der Waals surface area contributed by atoms with Gasteiger partial charge in [0, 0.05) is 12.7 Å². The van der Waals surface area contributed by atoms with Crippen molar-refractivity contribution in [3.05, 3.63) is 11.9 Å². The molecule has 4 nitrogen and oxygen atoms in total. The van der Waals surface area contributed by atoms with Crippen LogP contribution in [0.15, 0.2) is 11.4 Å². The van der Waals surface area contributed by atoms with Crippen LogP contribution in [0.25, 0.3) is 0 Å². The van der Waals surface area contributed by atoms with Crippen molar-refractivity contribution in [2.45, 2.75) is 45.8 Å². The Labute approximate surface area is 106 Å². The van der Waals surface area contributed by atoms with Gasteiger partial charge in [-0.2, -0.15) is 0 Å². The average Bonchev–Trinajstić information content (AvgIpc) is 2.52. The normalized spacial score (nSPS) is 11.8. The molecule has 0 amide bonds. The maximum atomic E-state index is 10.5. The number of carboxylic acids is 1. The number of aromatic nitrogens is 2. The molecule has 1 rings (SSSR count). The van der Waals surface area contributed by atoms with Gasteiger partial charge in [0.15, 0.2) is 5.16 Å². The topological polar surface area (TPSA) is 55.1 Å². The molecule has 1 aromatic heterocycles. The first-order chi connectivity index (χ1) is 7.78. The van der Waals surface area contributed by atoms with E-state index in [1.165, 1.54) is 11.8 Å². The van der Waals surface area contributed by atoms with Crippen LogP contribution in [0.4, 0.5) is 0 Å². The number of carbonyl (C=O) groups is 1. The number of thioether (sulfide) groups is 1. The van der Waals surface area contributed by atoms with Gasteiger partial charge in [0.25, 0.3) is 0 Å². The molecule has 0 spiro atoms. The monoisotopic (exact) mass is 256 g/mol. The zero-order valence-corrected chi connectivity index (χ0v) is 11.7. The Morgan fingerprint density at radius 3 is 2.71 bits per heavy atom. The van der Waals surface area contributed by atoms with E-state index in [0.717, 1.165) is 23.8 Å². The molecule has 1 N–H and O–H groups in total. The Bertz CT molecular complexity index is 394. The van der Waals surface area contributed by atoms with Gasteiger partial charge in [-0.25, -0.2) is 4.98 Å². The SMILES string of the molecule is Cc1cn(CCC(C)(C)C)c(SCC(=O)O)n1. The van der Waals surface area contributed by atoms with Crippen molar-refractivity contribution in [2.24, 2.45) is 5.41 Å². The predicted molar refractivity (Wildman–Crippen MR) is 69.4 cm³/mol. The third kappa shape index (κ3) is 5.26. The Balaban J connectivity index is 2.67. The highest BCUT2D eigenvalue weighted by molar-refractivity contribution is 7.99. The number of imidazole rings is 1. The van der Waals surface area contributed by atoms with Crippen molar-refractivity contribution in [3.8, 4) is 0 Å². The summed E-state index contributed by atoms with van der Waals surface area (Å²) in [6.07, 6.45) is 3.03. The molecule has 0 aliphatic rings. The summed E-state index contributed by atoms with van der Waals surface area (Å²) in [6, 6.07) is 0. The number of aliphatic carboxylic acids is 1. The lowest BCUT2D eigenvalue weighted by Crippen LogP contribution is -2.11. The minimum atomic E-state index is -0.807. The number of aryl methyl sites for hydroxylation is 2. The summed E-state index contributed by atoms with van der Waals surface area (Å²) in [5.74, 6) is -0.746. The van der Waals surface area contributed by atoms with E-state index in [9.17, 15) is 4.79 Å². The standard InChI is InChI=1S/C12H20N2O2S/c1-9-7-14(6-5-12(2,3)4)11(13-9)17-8-10(15)16/h7H,5-6,8H2,1-4H3,(H,15,16). The molecule has 0 saturated heterocycles. The van der Waals surface area contributed by atoms with E-state index in [4.69, 9.17) is 5.11 Å². The summed E-state index contributed by atoms with van der Waals surface area (Å²) < 4.78 is 2.05. The molecule has 1 aromatic rings. The van der Waals surface area contributed by atoms with Gasteiger partial charge in [-0.05, 0) is 18.8 Å². The smallest absolute Gasteiger partial charge is 0.313 e. The largest absolute Gasteiger partial charge is 0.481 e. The molecular weight excluding hydrogens is 236 g/mol. The highest BCUT2D eigenvalue weighted by Crippen LogP contribution is 2.23. The number of rotatable bonds is 5. The van der Waals surface area contributed by atoms with Crippen LogP contribution >= 0.6 is 11.8 Å². The molecule has 0 aliphatic carbocycles.